The summed E-state index contributed by atoms with van der Waals surface area (Å²) in [6.45, 7) is 7.28. The molecule has 1 heterocycles. The van der Waals surface area contributed by atoms with Crippen LogP contribution in [0.3, 0.4) is 0 Å². The van der Waals surface area contributed by atoms with Crippen molar-refractivity contribution in [3.8, 4) is 11.3 Å². The maximum atomic E-state index is 4.54. The van der Waals surface area contributed by atoms with Gasteiger partial charge in [0.2, 0.25) is 0 Å². The van der Waals surface area contributed by atoms with Crippen LogP contribution >= 0.6 is 0 Å². The van der Waals surface area contributed by atoms with Crippen LogP contribution in [-0.2, 0) is 13.1 Å². The van der Waals surface area contributed by atoms with Gasteiger partial charge in [-0.2, -0.15) is 5.10 Å². The Hall–Kier alpha value is -1.61. The van der Waals surface area contributed by atoms with Crippen molar-refractivity contribution in [2.45, 2.75) is 39.8 Å². The fraction of sp³-hybridized carbons (Fsp3) is 0.438. The Bertz CT molecular complexity index is 488. The molecule has 3 heteroatoms. The van der Waals surface area contributed by atoms with E-state index in [9.17, 15) is 0 Å². The van der Waals surface area contributed by atoms with Crippen LogP contribution < -0.4 is 5.32 Å². The van der Waals surface area contributed by atoms with E-state index in [0.29, 0.717) is 0 Å². The van der Waals surface area contributed by atoms with E-state index >= 15 is 0 Å². The summed E-state index contributed by atoms with van der Waals surface area (Å²) < 4.78 is 2.12. The quantitative estimate of drug-likeness (QED) is 0.770. The SMILES string of the molecule is CCCNCc1cnn(CCC)c1-c1ccccc1. The van der Waals surface area contributed by atoms with Crippen LogP contribution in [0.2, 0.25) is 0 Å². The topological polar surface area (TPSA) is 29.9 Å². The minimum Gasteiger partial charge on any atom is -0.313 e. The number of hydrogen-bond acceptors (Lipinski definition) is 2. The zero-order valence-corrected chi connectivity index (χ0v) is 11.9. The lowest BCUT2D eigenvalue weighted by atomic mass is 10.1. The van der Waals surface area contributed by atoms with E-state index in [1.165, 1.54) is 16.8 Å². The number of nitrogens with zero attached hydrogens (tertiary/aromatic N) is 2. The third kappa shape index (κ3) is 3.44. The normalized spacial score (nSPS) is 10.8. The molecule has 1 aromatic carbocycles. The lowest BCUT2D eigenvalue weighted by Crippen LogP contribution is -2.14. The maximum Gasteiger partial charge on any atom is 0.0727 e. The lowest BCUT2D eigenvalue weighted by molar-refractivity contribution is 0.608. The van der Waals surface area contributed by atoms with Crippen LogP contribution in [0.15, 0.2) is 36.5 Å². The molecule has 0 aliphatic rings. The molecular formula is C16H23N3. The molecule has 1 N–H and O–H groups in total. The Kier molecular flexibility index (Phi) is 5.16. The van der Waals surface area contributed by atoms with Crippen LogP contribution in [0.1, 0.15) is 32.3 Å². The van der Waals surface area contributed by atoms with Gasteiger partial charge in [0.25, 0.3) is 0 Å². The second-order valence-electron chi connectivity index (χ2n) is 4.78. The summed E-state index contributed by atoms with van der Waals surface area (Å²) in [6.07, 6.45) is 4.26. The van der Waals surface area contributed by atoms with Gasteiger partial charge in [-0.3, -0.25) is 4.68 Å². The molecule has 0 spiro atoms. The van der Waals surface area contributed by atoms with Gasteiger partial charge in [-0.15, -0.1) is 0 Å². The average molecular weight is 257 g/mol. The first-order valence-corrected chi connectivity index (χ1v) is 7.17. The smallest absolute Gasteiger partial charge is 0.0727 e. The minimum atomic E-state index is 0.891. The second kappa shape index (κ2) is 7.10. The molecule has 3 nitrogen and oxygen atoms in total. The molecule has 0 saturated heterocycles. The van der Waals surface area contributed by atoms with Crippen LogP contribution in [-0.4, -0.2) is 16.3 Å². The van der Waals surface area contributed by atoms with E-state index in [1.807, 2.05) is 6.20 Å². The summed E-state index contributed by atoms with van der Waals surface area (Å²) in [5.74, 6) is 0. The van der Waals surface area contributed by atoms with Gasteiger partial charge in [0.05, 0.1) is 11.9 Å². The van der Waals surface area contributed by atoms with Gasteiger partial charge >= 0.3 is 0 Å². The third-order valence-electron chi connectivity index (χ3n) is 3.14. The molecule has 2 rings (SSSR count). The van der Waals surface area contributed by atoms with Gasteiger partial charge < -0.3 is 5.32 Å². The van der Waals surface area contributed by atoms with Crippen molar-refractivity contribution in [2.24, 2.45) is 0 Å². The first kappa shape index (κ1) is 13.8. The average Bonchev–Trinajstić information content (AvgIpc) is 2.84. The highest BCUT2D eigenvalue weighted by atomic mass is 15.3. The molecule has 2 aromatic rings. The van der Waals surface area contributed by atoms with Crippen LogP contribution in [0.5, 0.6) is 0 Å². The molecule has 0 unspecified atom stereocenters. The molecule has 0 bridgehead atoms. The highest BCUT2D eigenvalue weighted by molar-refractivity contribution is 5.63. The first-order valence-electron chi connectivity index (χ1n) is 7.17. The van der Waals surface area contributed by atoms with Gasteiger partial charge in [0.15, 0.2) is 0 Å². The number of benzene rings is 1. The Balaban J connectivity index is 2.28. The van der Waals surface area contributed by atoms with Crippen LogP contribution in [0.4, 0.5) is 0 Å². The Morgan fingerprint density at radius 3 is 2.58 bits per heavy atom. The van der Waals surface area contributed by atoms with E-state index in [1.54, 1.807) is 0 Å². The monoisotopic (exact) mass is 257 g/mol. The lowest BCUT2D eigenvalue weighted by Gasteiger charge is -2.09. The maximum absolute atomic E-state index is 4.54. The molecule has 0 atom stereocenters. The van der Waals surface area contributed by atoms with Crippen molar-refractivity contribution in [1.29, 1.82) is 0 Å². The van der Waals surface area contributed by atoms with Crippen LogP contribution in [0, 0.1) is 0 Å². The molecule has 102 valence electrons. The van der Waals surface area contributed by atoms with E-state index in [0.717, 1.165) is 32.5 Å². The van der Waals surface area contributed by atoms with Gasteiger partial charge in [-0.1, -0.05) is 44.2 Å². The number of nitrogens with one attached hydrogen (secondary N) is 1. The van der Waals surface area contributed by atoms with Crippen LogP contribution in [0.25, 0.3) is 11.3 Å². The zero-order valence-electron chi connectivity index (χ0n) is 11.9. The fourth-order valence-electron chi connectivity index (χ4n) is 2.27. The van der Waals surface area contributed by atoms with E-state index in [2.05, 4.69) is 59.3 Å². The Morgan fingerprint density at radius 2 is 1.89 bits per heavy atom. The van der Waals surface area contributed by atoms with Crippen molar-refractivity contribution in [1.82, 2.24) is 15.1 Å². The van der Waals surface area contributed by atoms with Gasteiger partial charge in [0, 0.05) is 24.2 Å². The molecule has 1 aromatic heterocycles. The highest BCUT2D eigenvalue weighted by Gasteiger charge is 2.11. The molecule has 0 amide bonds. The van der Waals surface area contributed by atoms with E-state index in [4.69, 9.17) is 0 Å². The number of aromatic nitrogens is 2. The molecule has 0 aliphatic carbocycles. The predicted molar refractivity (Wildman–Crippen MR) is 80.0 cm³/mol. The number of aryl methyl sites for hydroxylation is 1. The van der Waals surface area contributed by atoms with E-state index in [-0.39, 0.29) is 0 Å². The summed E-state index contributed by atoms with van der Waals surface area (Å²) in [5, 5.41) is 8.00. The van der Waals surface area contributed by atoms with Crippen molar-refractivity contribution >= 4 is 0 Å². The Labute approximate surface area is 115 Å². The summed E-state index contributed by atoms with van der Waals surface area (Å²) in [4.78, 5) is 0. The molecule has 0 fully saturated rings. The zero-order chi connectivity index (χ0) is 13.5. The minimum absolute atomic E-state index is 0.891. The largest absolute Gasteiger partial charge is 0.313 e. The third-order valence-corrected chi connectivity index (χ3v) is 3.14. The predicted octanol–water partition coefficient (Wildman–Crippen LogP) is 3.46. The highest BCUT2D eigenvalue weighted by Crippen LogP contribution is 2.23. The molecule has 0 aliphatic heterocycles. The standard InChI is InChI=1S/C16H23N3/c1-3-10-17-12-15-13-18-19(11-4-2)16(15)14-8-6-5-7-9-14/h5-9,13,17H,3-4,10-12H2,1-2H3. The van der Waals surface area contributed by atoms with E-state index < -0.39 is 0 Å². The summed E-state index contributed by atoms with van der Waals surface area (Å²) >= 11 is 0. The van der Waals surface area contributed by atoms with Crippen molar-refractivity contribution in [3.05, 3.63) is 42.1 Å². The Morgan fingerprint density at radius 1 is 1.11 bits per heavy atom. The molecular weight excluding hydrogens is 234 g/mol. The van der Waals surface area contributed by atoms with Gasteiger partial charge in [-0.05, 0) is 19.4 Å². The van der Waals surface area contributed by atoms with Gasteiger partial charge in [0.1, 0.15) is 0 Å². The van der Waals surface area contributed by atoms with Gasteiger partial charge in [-0.25, -0.2) is 0 Å². The fourth-order valence-corrected chi connectivity index (χ4v) is 2.27. The first-order chi connectivity index (χ1) is 9.36. The summed E-state index contributed by atoms with van der Waals surface area (Å²) in [7, 11) is 0. The summed E-state index contributed by atoms with van der Waals surface area (Å²) in [5.41, 5.74) is 3.79. The van der Waals surface area contributed by atoms with Crippen molar-refractivity contribution in [2.75, 3.05) is 6.54 Å². The number of hydrogen-bond donors (Lipinski definition) is 1. The molecule has 19 heavy (non-hydrogen) atoms. The van der Waals surface area contributed by atoms with Crippen molar-refractivity contribution < 1.29 is 0 Å². The number of rotatable bonds is 7. The molecule has 0 saturated carbocycles. The molecule has 0 radical (unpaired) electrons. The second-order valence-corrected chi connectivity index (χ2v) is 4.78. The summed E-state index contributed by atoms with van der Waals surface area (Å²) in [6, 6.07) is 10.5. The van der Waals surface area contributed by atoms with Crippen molar-refractivity contribution in [3.63, 3.8) is 0 Å².